The van der Waals surface area contributed by atoms with Gasteiger partial charge in [-0.2, -0.15) is 0 Å². The van der Waals surface area contributed by atoms with E-state index in [1.165, 1.54) is 25.7 Å². The van der Waals surface area contributed by atoms with Gasteiger partial charge in [-0.25, -0.2) is 4.79 Å². The van der Waals surface area contributed by atoms with Gasteiger partial charge in [0, 0.05) is 18.6 Å². The van der Waals surface area contributed by atoms with E-state index in [-0.39, 0.29) is 12.1 Å². The number of carbonyl (C=O) groups is 1. The highest BCUT2D eigenvalue weighted by molar-refractivity contribution is 5.68. The molecule has 4 nitrogen and oxygen atoms in total. The van der Waals surface area contributed by atoms with Gasteiger partial charge in [-0.15, -0.1) is 0 Å². The first-order valence-electron chi connectivity index (χ1n) is 8.47. The molecular weight excluding hydrogens is 264 g/mol. The molecule has 1 atom stereocenters. The molecule has 0 radical (unpaired) electrons. The Labute approximate surface area is 129 Å². The van der Waals surface area contributed by atoms with E-state index in [1.807, 2.05) is 20.8 Å². The van der Waals surface area contributed by atoms with Crippen molar-refractivity contribution in [2.75, 3.05) is 6.54 Å². The van der Waals surface area contributed by atoms with E-state index >= 15 is 0 Å². The van der Waals surface area contributed by atoms with Crippen LogP contribution in [0.5, 0.6) is 0 Å². The van der Waals surface area contributed by atoms with Gasteiger partial charge in [0.25, 0.3) is 0 Å². The predicted octanol–water partition coefficient (Wildman–Crippen LogP) is 3.31. The molecule has 0 aromatic rings. The van der Waals surface area contributed by atoms with Gasteiger partial charge in [0.05, 0.1) is 0 Å². The Morgan fingerprint density at radius 1 is 1.19 bits per heavy atom. The summed E-state index contributed by atoms with van der Waals surface area (Å²) in [6, 6.07) is 0.858. The van der Waals surface area contributed by atoms with Crippen molar-refractivity contribution < 1.29 is 9.53 Å². The van der Waals surface area contributed by atoms with Crippen LogP contribution < -0.4 is 10.6 Å². The minimum absolute atomic E-state index is 0.220. The molecule has 0 aromatic carbocycles. The van der Waals surface area contributed by atoms with E-state index < -0.39 is 5.60 Å². The first kappa shape index (κ1) is 16.6. The Hall–Kier alpha value is -0.770. The smallest absolute Gasteiger partial charge is 0.407 e. The molecule has 0 saturated heterocycles. The van der Waals surface area contributed by atoms with Crippen molar-refractivity contribution in [1.29, 1.82) is 0 Å². The quantitative estimate of drug-likeness (QED) is 0.790. The molecule has 2 saturated carbocycles. The molecule has 2 aliphatic rings. The summed E-state index contributed by atoms with van der Waals surface area (Å²) in [4.78, 5) is 11.9. The lowest BCUT2D eigenvalue weighted by Crippen LogP contribution is -2.51. The second-order valence-corrected chi connectivity index (χ2v) is 8.17. The highest BCUT2D eigenvalue weighted by atomic mass is 16.6. The summed E-state index contributed by atoms with van der Waals surface area (Å²) in [5.74, 6) is 2.30. The maximum atomic E-state index is 11.9. The third-order valence-corrected chi connectivity index (χ3v) is 4.64. The molecule has 122 valence electrons. The molecule has 2 rings (SSSR count). The second kappa shape index (κ2) is 6.55. The Balaban J connectivity index is 1.70. The number of nitrogens with one attached hydrogen (secondary N) is 2. The van der Waals surface area contributed by atoms with Crippen LogP contribution in [0, 0.1) is 17.8 Å². The zero-order valence-electron chi connectivity index (χ0n) is 14.2. The monoisotopic (exact) mass is 296 g/mol. The van der Waals surface area contributed by atoms with Gasteiger partial charge in [-0.05, 0) is 64.2 Å². The van der Waals surface area contributed by atoms with Crippen molar-refractivity contribution in [3.8, 4) is 0 Å². The van der Waals surface area contributed by atoms with Gasteiger partial charge >= 0.3 is 6.09 Å². The fourth-order valence-electron chi connectivity index (χ4n) is 2.96. The minimum Gasteiger partial charge on any atom is -0.444 e. The Morgan fingerprint density at radius 2 is 1.81 bits per heavy atom. The summed E-state index contributed by atoms with van der Waals surface area (Å²) in [5.41, 5.74) is -0.427. The number of ether oxygens (including phenoxy) is 1. The number of hydrogen-bond donors (Lipinski definition) is 2. The molecular formula is C17H32N2O2. The molecule has 2 N–H and O–H groups in total. The molecule has 0 aliphatic heterocycles. The lowest BCUT2D eigenvalue weighted by atomic mass is 9.73. The maximum absolute atomic E-state index is 11.9. The third-order valence-electron chi connectivity index (χ3n) is 4.64. The average molecular weight is 296 g/mol. The number of alkyl carbamates (subject to hydrolysis) is 1. The first-order valence-corrected chi connectivity index (χ1v) is 8.47. The van der Waals surface area contributed by atoms with E-state index in [2.05, 4.69) is 24.5 Å². The van der Waals surface area contributed by atoms with Crippen molar-refractivity contribution >= 4 is 6.09 Å². The van der Waals surface area contributed by atoms with Crippen molar-refractivity contribution in [3.05, 3.63) is 0 Å². The van der Waals surface area contributed by atoms with Gasteiger partial charge < -0.3 is 15.4 Å². The van der Waals surface area contributed by atoms with Gasteiger partial charge in [-0.1, -0.05) is 13.8 Å². The fourth-order valence-corrected chi connectivity index (χ4v) is 2.96. The highest BCUT2D eigenvalue weighted by Crippen LogP contribution is 2.35. The van der Waals surface area contributed by atoms with Gasteiger partial charge in [-0.3, -0.25) is 0 Å². The molecule has 2 fully saturated rings. The van der Waals surface area contributed by atoms with Crippen LogP contribution in [0.4, 0.5) is 4.79 Å². The standard InChI is InChI=1S/C17H32N2O2/c1-11(2)13-8-14(9-13)18-10-15(12-6-7-12)19-16(20)21-17(3,4)5/h11-15,18H,6-10H2,1-5H3,(H,19,20). The topological polar surface area (TPSA) is 50.4 Å². The molecule has 1 unspecified atom stereocenters. The normalized spacial score (nSPS) is 27.1. The van der Waals surface area contributed by atoms with Crippen LogP contribution in [-0.4, -0.2) is 30.3 Å². The molecule has 0 spiro atoms. The summed E-state index contributed by atoms with van der Waals surface area (Å²) >= 11 is 0. The summed E-state index contributed by atoms with van der Waals surface area (Å²) in [6.45, 7) is 11.2. The van der Waals surface area contributed by atoms with Crippen molar-refractivity contribution in [1.82, 2.24) is 10.6 Å². The number of hydrogen-bond acceptors (Lipinski definition) is 3. The third kappa shape index (κ3) is 5.50. The number of rotatable bonds is 6. The zero-order valence-corrected chi connectivity index (χ0v) is 14.2. The zero-order chi connectivity index (χ0) is 15.6. The molecule has 0 bridgehead atoms. The lowest BCUT2D eigenvalue weighted by molar-refractivity contribution is 0.0493. The summed E-state index contributed by atoms with van der Waals surface area (Å²) in [5, 5.41) is 6.67. The van der Waals surface area contributed by atoms with E-state index in [4.69, 9.17) is 4.74 Å². The predicted molar refractivity (Wildman–Crippen MR) is 85.2 cm³/mol. The van der Waals surface area contributed by atoms with Crippen LogP contribution in [0.15, 0.2) is 0 Å². The largest absolute Gasteiger partial charge is 0.444 e. The van der Waals surface area contributed by atoms with Gasteiger partial charge in [0.1, 0.15) is 5.60 Å². The van der Waals surface area contributed by atoms with Crippen molar-refractivity contribution in [3.63, 3.8) is 0 Å². The van der Waals surface area contributed by atoms with E-state index in [0.29, 0.717) is 12.0 Å². The summed E-state index contributed by atoms with van der Waals surface area (Å²) in [7, 11) is 0. The lowest BCUT2D eigenvalue weighted by Gasteiger charge is -2.39. The fraction of sp³-hybridized carbons (Fsp3) is 0.941. The molecule has 21 heavy (non-hydrogen) atoms. The van der Waals surface area contributed by atoms with Crippen molar-refractivity contribution in [2.24, 2.45) is 17.8 Å². The minimum atomic E-state index is -0.427. The highest BCUT2D eigenvalue weighted by Gasteiger charge is 2.36. The maximum Gasteiger partial charge on any atom is 0.407 e. The van der Waals surface area contributed by atoms with Crippen LogP contribution in [0.2, 0.25) is 0 Å². The first-order chi connectivity index (χ1) is 9.74. The van der Waals surface area contributed by atoms with Crippen LogP contribution in [0.3, 0.4) is 0 Å². The average Bonchev–Trinajstić information content (AvgIpc) is 3.05. The Morgan fingerprint density at radius 3 is 2.29 bits per heavy atom. The van der Waals surface area contributed by atoms with E-state index in [1.54, 1.807) is 0 Å². The van der Waals surface area contributed by atoms with Crippen LogP contribution in [-0.2, 0) is 4.74 Å². The molecule has 0 aromatic heterocycles. The number of carbonyl (C=O) groups excluding carboxylic acids is 1. The molecule has 1 amide bonds. The van der Waals surface area contributed by atoms with Crippen molar-refractivity contribution in [2.45, 2.75) is 78.0 Å². The SMILES string of the molecule is CC(C)C1CC(NCC(NC(=O)OC(C)(C)C)C2CC2)C1. The van der Waals surface area contributed by atoms with Crippen LogP contribution >= 0.6 is 0 Å². The molecule has 0 heterocycles. The van der Waals surface area contributed by atoms with Crippen LogP contribution in [0.25, 0.3) is 0 Å². The summed E-state index contributed by atoms with van der Waals surface area (Å²) in [6.07, 6.45) is 4.72. The Bertz CT molecular complexity index is 352. The second-order valence-electron chi connectivity index (χ2n) is 8.17. The van der Waals surface area contributed by atoms with Gasteiger partial charge in [0.15, 0.2) is 0 Å². The number of amides is 1. The van der Waals surface area contributed by atoms with Gasteiger partial charge in [0.2, 0.25) is 0 Å². The van der Waals surface area contributed by atoms with Crippen LogP contribution in [0.1, 0.15) is 60.3 Å². The molecule has 4 heteroatoms. The van der Waals surface area contributed by atoms with E-state index in [0.717, 1.165) is 18.4 Å². The Kier molecular flexibility index (Phi) is 5.18. The molecule has 2 aliphatic carbocycles. The summed E-state index contributed by atoms with van der Waals surface area (Å²) < 4.78 is 5.36. The van der Waals surface area contributed by atoms with E-state index in [9.17, 15) is 4.79 Å².